The lowest BCUT2D eigenvalue weighted by molar-refractivity contribution is -0.117. The van der Waals surface area contributed by atoms with E-state index < -0.39 is 11.2 Å². The first kappa shape index (κ1) is 22.4. The third-order valence-corrected chi connectivity index (χ3v) is 6.57. The highest BCUT2D eigenvalue weighted by molar-refractivity contribution is 8.05. The minimum atomic E-state index is -0.544. The van der Waals surface area contributed by atoms with Crippen molar-refractivity contribution in [2.45, 2.75) is 32.1 Å². The molecule has 0 unspecified atom stereocenters. The number of anilines is 1. The van der Waals surface area contributed by atoms with Crippen molar-refractivity contribution in [2.75, 3.05) is 4.90 Å². The molecule has 2 amide bonds. The average Bonchev–Trinajstić information content (AvgIpc) is 3.42. The molecule has 6 nitrogen and oxygen atoms in total. The van der Waals surface area contributed by atoms with Gasteiger partial charge in [-0.3, -0.25) is 14.5 Å². The summed E-state index contributed by atoms with van der Waals surface area (Å²) in [5.74, 6) is -0.113. The van der Waals surface area contributed by atoms with Crippen molar-refractivity contribution in [3.05, 3.63) is 100.0 Å². The van der Waals surface area contributed by atoms with Crippen LogP contribution in [0.5, 0.6) is 0 Å². The van der Waals surface area contributed by atoms with E-state index in [1.54, 1.807) is 12.1 Å². The summed E-state index contributed by atoms with van der Waals surface area (Å²) in [5, 5.41) is 12.5. The Morgan fingerprint density at radius 3 is 2.58 bits per heavy atom. The number of aryl methyl sites for hydroxylation is 2. The molecule has 0 aliphatic carbocycles. The predicted molar refractivity (Wildman–Crippen MR) is 128 cm³/mol. The molecule has 2 heterocycles. The minimum absolute atomic E-state index is 0.0905. The van der Waals surface area contributed by atoms with Crippen molar-refractivity contribution in [2.24, 2.45) is 0 Å². The van der Waals surface area contributed by atoms with Gasteiger partial charge in [0.15, 0.2) is 0 Å². The Labute approximate surface area is 196 Å². The lowest BCUT2D eigenvalue weighted by Crippen LogP contribution is -2.32. The number of furan rings is 1. The molecule has 1 aromatic heterocycles. The number of nitriles is 1. The highest BCUT2D eigenvalue weighted by Gasteiger charge is 2.40. The van der Waals surface area contributed by atoms with Crippen LogP contribution in [0.25, 0.3) is 0 Å². The molecule has 1 atom stereocenters. The van der Waals surface area contributed by atoms with Gasteiger partial charge in [0, 0.05) is 5.69 Å². The van der Waals surface area contributed by atoms with Crippen LogP contribution in [-0.4, -0.2) is 17.1 Å². The number of nitrogens with zero attached hydrogens (tertiary/aromatic N) is 2. The van der Waals surface area contributed by atoms with E-state index in [2.05, 4.69) is 5.32 Å². The molecule has 1 aliphatic heterocycles. The Morgan fingerprint density at radius 1 is 1.12 bits per heavy atom. The molecule has 1 aliphatic rings. The molecule has 3 aromatic rings. The van der Waals surface area contributed by atoms with Crippen molar-refractivity contribution in [3.63, 3.8) is 0 Å². The van der Waals surface area contributed by atoms with Gasteiger partial charge in [0.1, 0.15) is 22.4 Å². The van der Waals surface area contributed by atoms with Crippen LogP contribution >= 0.6 is 11.8 Å². The van der Waals surface area contributed by atoms with E-state index in [9.17, 15) is 14.9 Å². The zero-order valence-electron chi connectivity index (χ0n) is 18.4. The number of nitrogens with one attached hydrogen (secondary N) is 1. The first-order chi connectivity index (χ1) is 16.0. The van der Waals surface area contributed by atoms with Crippen LogP contribution < -0.4 is 10.2 Å². The summed E-state index contributed by atoms with van der Waals surface area (Å²) in [6.07, 6.45) is 2.02. The van der Waals surface area contributed by atoms with E-state index >= 15 is 0 Å². The molecule has 2 aromatic carbocycles. The van der Waals surface area contributed by atoms with E-state index in [0.29, 0.717) is 22.9 Å². The SMILES string of the molecule is Cc1ccc(N2C(=O)[C@@H](Cc3cccc(C)c3)S/C2=C(/C#N)C(=O)NCc2ccco2)cc1. The number of thioether (sulfide) groups is 1. The van der Waals surface area contributed by atoms with E-state index in [0.717, 1.165) is 16.7 Å². The van der Waals surface area contributed by atoms with Gasteiger partial charge in [-0.15, -0.1) is 0 Å². The Kier molecular flexibility index (Phi) is 6.66. The standard InChI is InChI=1S/C26H23N3O3S/c1-17-8-10-20(11-9-17)29-25(31)23(14-19-6-3-5-18(2)13-19)33-26(29)22(15-27)24(30)28-16-21-7-4-12-32-21/h3-13,23H,14,16H2,1-2H3,(H,28,30)/b26-22-/t23-/m1/s1. The maximum Gasteiger partial charge on any atom is 0.265 e. The fourth-order valence-electron chi connectivity index (χ4n) is 3.64. The summed E-state index contributed by atoms with van der Waals surface area (Å²) in [4.78, 5) is 27.9. The Balaban J connectivity index is 1.68. The van der Waals surface area contributed by atoms with Crippen LogP contribution in [0, 0.1) is 25.2 Å². The minimum Gasteiger partial charge on any atom is -0.467 e. The van der Waals surface area contributed by atoms with Crippen LogP contribution in [0.2, 0.25) is 0 Å². The van der Waals surface area contributed by atoms with Gasteiger partial charge in [0.05, 0.1) is 18.1 Å². The van der Waals surface area contributed by atoms with Gasteiger partial charge in [0.25, 0.3) is 5.91 Å². The summed E-state index contributed by atoms with van der Waals surface area (Å²) in [5.41, 5.74) is 3.74. The number of benzene rings is 2. The third kappa shape index (κ3) is 5.02. The lowest BCUT2D eigenvalue weighted by Gasteiger charge is -2.19. The topological polar surface area (TPSA) is 86.3 Å². The van der Waals surface area contributed by atoms with Crippen molar-refractivity contribution in [1.29, 1.82) is 5.26 Å². The lowest BCUT2D eigenvalue weighted by atomic mass is 10.1. The molecular weight excluding hydrogens is 434 g/mol. The summed E-state index contributed by atoms with van der Waals surface area (Å²) in [6, 6.07) is 21.0. The Bertz CT molecular complexity index is 1240. The predicted octanol–water partition coefficient (Wildman–Crippen LogP) is 4.64. The van der Waals surface area contributed by atoms with Gasteiger partial charge in [-0.25, -0.2) is 0 Å². The molecule has 7 heteroatoms. The van der Waals surface area contributed by atoms with Gasteiger partial charge in [-0.1, -0.05) is 59.3 Å². The molecule has 0 bridgehead atoms. The maximum absolute atomic E-state index is 13.5. The zero-order valence-corrected chi connectivity index (χ0v) is 19.2. The van der Waals surface area contributed by atoms with Gasteiger partial charge < -0.3 is 9.73 Å². The van der Waals surface area contributed by atoms with Crippen molar-refractivity contribution in [1.82, 2.24) is 5.32 Å². The summed E-state index contributed by atoms with van der Waals surface area (Å²) < 4.78 is 5.25. The smallest absolute Gasteiger partial charge is 0.265 e. The summed E-state index contributed by atoms with van der Waals surface area (Å²) in [6.45, 7) is 4.12. The number of carbonyl (C=O) groups excluding carboxylic acids is 2. The molecule has 4 rings (SSSR count). The second kappa shape index (κ2) is 9.80. The molecule has 0 spiro atoms. The molecule has 166 valence electrons. The number of amides is 2. The van der Waals surface area contributed by atoms with Crippen molar-refractivity contribution < 1.29 is 14.0 Å². The van der Waals surface area contributed by atoms with Crippen LogP contribution in [-0.2, 0) is 22.6 Å². The maximum atomic E-state index is 13.5. The highest BCUT2D eigenvalue weighted by atomic mass is 32.2. The second-order valence-corrected chi connectivity index (χ2v) is 9.05. The van der Waals surface area contributed by atoms with Crippen LogP contribution in [0.1, 0.15) is 22.5 Å². The molecule has 1 N–H and O–H groups in total. The number of hydrogen-bond acceptors (Lipinski definition) is 5. The van der Waals surface area contributed by atoms with E-state index in [1.165, 1.54) is 22.9 Å². The van der Waals surface area contributed by atoms with Crippen LogP contribution in [0.4, 0.5) is 5.69 Å². The Morgan fingerprint density at radius 2 is 1.91 bits per heavy atom. The van der Waals surface area contributed by atoms with Gasteiger partial charge in [-0.05, 0) is 50.1 Å². The van der Waals surface area contributed by atoms with E-state index in [1.807, 2.05) is 68.4 Å². The Hall–Kier alpha value is -3.76. The number of carbonyl (C=O) groups is 2. The third-order valence-electron chi connectivity index (χ3n) is 5.30. The van der Waals surface area contributed by atoms with E-state index in [-0.39, 0.29) is 18.0 Å². The van der Waals surface area contributed by atoms with Crippen molar-refractivity contribution >= 4 is 29.3 Å². The molecule has 0 radical (unpaired) electrons. The molecular formula is C26H23N3O3S. The fourth-order valence-corrected chi connectivity index (χ4v) is 4.95. The molecule has 1 saturated heterocycles. The van der Waals surface area contributed by atoms with Gasteiger partial charge in [0.2, 0.25) is 5.91 Å². The monoisotopic (exact) mass is 457 g/mol. The summed E-state index contributed by atoms with van der Waals surface area (Å²) >= 11 is 1.26. The van der Waals surface area contributed by atoms with Crippen LogP contribution in [0.3, 0.4) is 0 Å². The van der Waals surface area contributed by atoms with Gasteiger partial charge >= 0.3 is 0 Å². The second-order valence-electron chi connectivity index (χ2n) is 7.86. The normalized spacial score (nSPS) is 17.1. The molecule has 1 fully saturated rings. The van der Waals surface area contributed by atoms with Gasteiger partial charge in [-0.2, -0.15) is 5.26 Å². The van der Waals surface area contributed by atoms with Crippen molar-refractivity contribution in [3.8, 4) is 6.07 Å². The molecule has 0 saturated carbocycles. The quantitative estimate of drug-likeness (QED) is 0.431. The first-order valence-electron chi connectivity index (χ1n) is 10.5. The molecule has 33 heavy (non-hydrogen) atoms. The largest absolute Gasteiger partial charge is 0.467 e. The van der Waals surface area contributed by atoms with E-state index in [4.69, 9.17) is 4.42 Å². The fraction of sp³-hybridized carbons (Fsp3) is 0.192. The number of hydrogen-bond donors (Lipinski definition) is 1. The number of rotatable bonds is 6. The zero-order chi connectivity index (χ0) is 23.4. The van der Waals surface area contributed by atoms with Crippen LogP contribution in [0.15, 0.2) is 81.9 Å². The average molecular weight is 458 g/mol. The summed E-state index contributed by atoms with van der Waals surface area (Å²) in [7, 11) is 0. The highest BCUT2D eigenvalue weighted by Crippen LogP contribution is 2.42. The first-order valence-corrected chi connectivity index (χ1v) is 11.4.